The van der Waals surface area contributed by atoms with Gasteiger partial charge in [0.05, 0.1) is 0 Å². The number of amides is 2. The zero-order valence-corrected chi connectivity index (χ0v) is 5.51. The van der Waals surface area contributed by atoms with E-state index in [2.05, 4.69) is 11.5 Å². The summed E-state index contributed by atoms with van der Waals surface area (Å²) in [4.78, 5) is 9.00. The van der Waals surface area contributed by atoms with E-state index in [9.17, 15) is 0 Å². The standard InChI is InChI=1S/CH4N2O.Al.H2O.2H/c2-1(3)4;;;;/h(H4,2,3,4);;1H2;;/q;+1;;;/p-1. The molecule has 0 unspecified atom stereocenters. The van der Waals surface area contributed by atoms with Gasteiger partial charge in [0, 0.05) is 0 Å². The van der Waals surface area contributed by atoms with Crippen molar-refractivity contribution >= 4 is 22.7 Å². The highest BCUT2D eigenvalue weighted by molar-refractivity contribution is 5.95. The van der Waals surface area contributed by atoms with E-state index in [1.165, 1.54) is 0 Å². The predicted octanol–water partition coefficient (Wildman–Crippen LogP) is -2.45. The number of carbonyl (C=O) groups excluding carboxylic acids is 1. The van der Waals surface area contributed by atoms with Gasteiger partial charge in [0.15, 0.2) is 0 Å². The Morgan fingerprint density at radius 2 is 1.50 bits per heavy atom. The molecule has 0 saturated heterocycles. The smallest absolute Gasteiger partial charge is 0.407 e. The summed E-state index contributed by atoms with van der Waals surface area (Å²) in [5, 5.41) is 0. The van der Waals surface area contributed by atoms with Gasteiger partial charge in [-0.05, 0) is 0 Å². The molecule has 0 rings (SSSR count). The van der Waals surface area contributed by atoms with E-state index in [0.29, 0.717) is 16.6 Å². The highest BCUT2D eigenvalue weighted by Crippen LogP contribution is 1.25. The number of rotatable bonds is 0. The van der Waals surface area contributed by atoms with Gasteiger partial charge in [-0.1, -0.05) is 0 Å². The van der Waals surface area contributed by atoms with Crippen LogP contribution >= 0.6 is 0 Å². The lowest BCUT2D eigenvalue weighted by Crippen LogP contribution is -2.18. The number of hydrogen-bond donors (Lipinski definition) is 3. The topological polar surface area (TPSA) is 89.3 Å². The molecule has 0 fully saturated rings. The monoisotopic (exact) mass is 106 g/mol. The van der Waals surface area contributed by atoms with Crippen LogP contribution in [0.25, 0.3) is 0 Å². The molecule has 36 valence electrons. The Hall–Kier alpha value is -0.238. The molecule has 0 saturated carbocycles. The first kappa shape index (κ1) is 9.23. The average Bonchev–Trinajstić information content (AvgIpc) is 1.41. The van der Waals surface area contributed by atoms with E-state index in [4.69, 9.17) is 8.95 Å². The van der Waals surface area contributed by atoms with E-state index in [-0.39, 0.29) is 0 Å². The number of hydrogen-bond acceptors (Lipinski definition) is 2. The predicted molar refractivity (Wildman–Crippen MR) is 24.5 cm³/mol. The molecule has 0 radical (unpaired) electrons. The Labute approximate surface area is 43.9 Å². The minimum Gasteiger partial charge on any atom is -0.521 e. The molecule has 0 aromatic carbocycles. The van der Waals surface area contributed by atoms with Crippen molar-refractivity contribution in [1.82, 2.24) is 0 Å². The molecule has 4 nitrogen and oxygen atoms in total. The van der Waals surface area contributed by atoms with Crippen LogP contribution in [0.3, 0.4) is 0 Å². The molecule has 0 aromatic heterocycles. The van der Waals surface area contributed by atoms with Gasteiger partial charge in [-0.15, -0.1) is 0 Å². The fourth-order valence-electron chi connectivity index (χ4n) is 0. The summed E-state index contributed by atoms with van der Waals surface area (Å²) in [6.07, 6.45) is 0. The van der Waals surface area contributed by atoms with Crippen LogP contribution in [0.2, 0.25) is 0 Å². The summed E-state index contributed by atoms with van der Waals surface area (Å²) < 4.78 is 7.14. The normalized spacial score (nSPS) is 4.83. The largest absolute Gasteiger partial charge is 0.521 e. The van der Waals surface area contributed by atoms with Crippen molar-refractivity contribution < 1.29 is 8.95 Å². The fraction of sp³-hybridized carbons (Fsp3) is 0. The summed E-state index contributed by atoms with van der Waals surface area (Å²) in [5.74, 6) is 0. The highest BCUT2D eigenvalue weighted by atomic mass is 27.1. The summed E-state index contributed by atoms with van der Waals surface area (Å²) in [6, 6.07) is -0.833. The second-order valence-electron chi connectivity index (χ2n) is 0.402. The van der Waals surface area contributed by atoms with Crippen LogP contribution in [-0.2, 0) is 0 Å². The molecule has 6 heavy (non-hydrogen) atoms. The van der Waals surface area contributed by atoms with E-state index >= 15 is 0 Å². The third kappa shape index (κ3) is 509. The third-order valence-corrected chi connectivity index (χ3v) is 0. The number of urea groups is 1. The lowest BCUT2D eigenvalue weighted by Gasteiger charge is -1.62. The third-order valence-electron chi connectivity index (χ3n) is 0. The number of nitrogens with two attached hydrogens (primary N) is 2. The molecule has 2 amide bonds. The van der Waals surface area contributed by atoms with Gasteiger partial charge in [0.25, 0.3) is 0 Å². The second kappa shape index (κ2) is 8.83. The van der Waals surface area contributed by atoms with Crippen molar-refractivity contribution in [2.45, 2.75) is 0 Å². The maximum absolute atomic E-state index is 9.00. The maximum atomic E-state index is 9.00. The molecule has 0 bridgehead atoms. The zero-order valence-electron chi connectivity index (χ0n) is 3.51. The molecular formula is CH7AlN2O2. The van der Waals surface area contributed by atoms with Crippen molar-refractivity contribution in [2.75, 3.05) is 0 Å². The Balaban J connectivity index is 0. The quantitative estimate of drug-likeness (QED) is 0.299. The van der Waals surface area contributed by atoms with Crippen LogP contribution in [-0.4, -0.2) is 26.8 Å². The summed E-state index contributed by atoms with van der Waals surface area (Å²) in [7, 11) is 0. The lowest BCUT2D eigenvalue weighted by molar-refractivity contribution is 0.256. The number of carbonyl (C=O) groups is 1. The van der Waals surface area contributed by atoms with Crippen LogP contribution in [0.4, 0.5) is 4.79 Å². The first-order valence-corrected chi connectivity index (χ1v) is 2.12. The van der Waals surface area contributed by atoms with Gasteiger partial charge in [-0.25, -0.2) is 4.79 Å². The minimum absolute atomic E-state index is 0.306. The van der Waals surface area contributed by atoms with Gasteiger partial charge >= 0.3 is 22.7 Å². The van der Waals surface area contributed by atoms with Crippen LogP contribution < -0.4 is 11.5 Å². The van der Waals surface area contributed by atoms with Crippen molar-refractivity contribution in [2.24, 2.45) is 11.5 Å². The van der Waals surface area contributed by atoms with Crippen molar-refractivity contribution in [3.63, 3.8) is 0 Å². The number of primary amides is 2. The van der Waals surface area contributed by atoms with E-state index in [1.807, 2.05) is 0 Å². The van der Waals surface area contributed by atoms with E-state index < -0.39 is 6.03 Å². The molecule has 5 heteroatoms. The molecule has 5 N–H and O–H groups in total. The van der Waals surface area contributed by atoms with Gasteiger partial charge in [0.2, 0.25) is 0 Å². The second-order valence-corrected chi connectivity index (χ2v) is 0.402. The SMILES string of the molecule is NC(N)=O.[OH][AlH2]. The molecule has 0 aliphatic rings. The molecule has 0 spiro atoms. The zero-order chi connectivity index (χ0) is 5.58. The molecule has 0 atom stereocenters. The Morgan fingerprint density at radius 3 is 1.50 bits per heavy atom. The Bertz CT molecular complexity index is 34.5. The highest BCUT2D eigenvalue weighted by Gasteiger charge is 1.60. The first-order valence-electron chi connectivity index (χ1n) is 1.23. The van der Waals surface area contributed by atoms with Gasteiger partial charge < -0.3 is 15.6 Å². The first-order chi connectivity index (χ1) is 2.73. The molecular weight excluding hydrogens is 99.0 g/mol. The summed E-state index contributed by atoms with van der Waals surface area (Å²) in [5.41, 5.74) is 8.50. The summed E-state index contributed by atoms with van der Waals surface area (Å²) >= 11 is 0.306. The van der Waals surface area contributed by atoms with Crippen molar-refractivity contribution in [3.05, 3.63) is 0 Å². The maximum Gasteiger partial charge on any atom is 0.407 e. The molecule has 0 aliphatic carbocycles. The molecule has 0 heterocycles. The molecule has 0 aliphatic heterocycles. The van der Waals surface area contributed by atoms with Crippen LogP contribution in [0.1, 0.15) is 0 Å². The lowest BCUT2D eigenvalue weighted by atomic mass is 11.2. The van der Waals surface area contributed by atoms with Gasteiger partial charge in [0.1, 0.15) is 0 Å². The minimum atomic E-state index is -0.833. The Morgan fingerprint density at radius 1 is 1.50 bits per heavy atom. The van der Waals surface area contributed by atoms with Crippen molar-refractivity contribution in [1.29, 1.82) is 0 Å². The van der Waals surface area contributed by atoms with Gasteiger partial charge in [-0.3, -0.25) is 0 Å². The summed E-state index contributed by atoms with van der Waals surface area (Å²) in [6.45, 7) is 0. The molecule has 0 aromatic rings. The Kier molecular flexibility index (Phi) is 13.6. The van der Waals surface area contributed by atoms with Crippen LogP contribution in [0.15, 0.2) is 0 Å². The van der Waals surface area contributed by atoms with Crippen molar-refractivity contribution in [3.8, 4) is 0 Å². The van der Waals surface area contributed by atoms with Crippen LogP contribution in [0.5, 0.6) is 0 Å². The van der Waals surface area contributed by atoms with E-state index in [0.717, 1.165) is 0 Å². The van der Waals surface area contributed by atoms with E-state index in [1.54, 1.807) is 0 Å². The fourth-order valence-corrected chi connectivity index (χ4v) is 0. The van der Waals surface area contributed by atoms with Gasteiger partial charge in [-0.2, -0.15) is 0 Å². The van der Waals surface area contributed by atoms with Crippen LogP contribution in [0, 0.1) is 0 Å². The average molecular weight is 106 g/mol.